The van der Waals surface area contributed by atoms with E-state index >= 15 is 0 Å². The number of fused-ring (bicyclic) bond motifs is 1. The van der Waals surface area contributed by atoms with Gasteiger partial charge in [0, 0.05) is 29.5 Å². The number of hydrogen-bond donors (Lipinski definition) is 1. The van der Waals surface area contributed by atoms with Gasteiger partial charge in [-0.25, -0.2) is 4.79 Å². The highest BCUT2D eigenvalue weighted by atomic mass is 35.5. The molecule has 0 atom stereocenters. The summed E-state index contributed by atoms with van der Waals surface area (Å²) in [5.41, 5.74) is 3.77. The molecule has 3 aromatic carbocycles. The van der Waals surface area contributed by atoms with E-state index in [9.17, 15) is 9.90 Å². The smallest absolute Gasteiger partial charge is 0.359 e. The molecule has 226 valence electrons. The van der Waals surface area contributed by atoms with Crippen LogP contribution in [0.15, 0.2) is 59.1 Å². The minimum Gasteiger partial charge on any atom is -0.489 e. The van der Waals surface area contributed by atoms with E-state index in [1.54, 1.807) is 36.0 Å². The van der Waals surface area contributed by atoms with Crippen molar-refractivity contribution in [3.05, 3.63) is 97.8 Å². The van der Waals surface area contributed by atoms with Gasteiger partial charge in [0.1, 0.15) is 23.8 Å². The Bertz CT molecular complexity index is 1900. The van der Waals surface area contributed by atoms with Crippen LogP contribution in [0.1, 0.15) is 70.5 Å². The van der Waals surface area contributed by atoms with Crippen molar-refractivity contribution in [2.75, 3.05) is 7.11 Å². The van der Waals surface area contributed by atoms with Gasteiger partial charge in [0.05, 0.1) is 38.9 Å². The average molecular weight is 653 g/mol. The maximum absolute atomic E-state index is 12.1. The molecule has 0 saturated heterocycles. The first kappa shape index (κ1) is 29.2. The highest BCUT2D eigenvalue weighted by Crippen LogP contribution is 2.53. The number of methoxy groups -OCH3 is 1. The first-order chi connectivity index (χ1) is 21.2. The Morgan fingerprint density at radius 1 is 1.05 bits per heavy atom. The van der Waals surface area contributed by atoms with Crippen molar-refractivity contribution in [3.8, 4) is 17.0 Å². The Kier molecular flexibility index (Phi) is 7.36. The number of esters is 1. The molecule has 1 N–H and O–H groups in total. The highest BCUT2D eigenvalue weighted by molar-refractivity contribution is 6.39. The largest absolute Gasteiger partial charge is 0.489 e. The molecule has 0 radical (unpaired) electrons. The molecule has 7 rings (SSSR count). The molecule has 2 saturated carbocycles. The van der Waals surface area contributed by atoms with Crippen molar-refractivity contribution < 1.29 is 23.9 Å². The summed E-state index contributed by atoms with van der Waals surface area (Å²) < 4.78 is 18.5. The molecule has 2 aliphatic rings. The lowest BCUT2D eigenvalue weighted by atomic mass is 9.65. The number of benzene rings is 3. The number of nitrogens with zero attached hydrogens (tertiary/aromatic N) is 3. The molecule has 2 aromatic heterocycles. The van der Waals surface area contributed by atoms with Crippen molar-refractivity contribution in [1.82, 2.24) is 14.9 Å². The molecular weight excluding hydrogens is 625 g/mol. The van der Waals surface area contributed by atoms with Crippen LogP contribution < -0.4 is 4.74 Å². The number of rotatable bonds is 8. The molecular formula is C33H28Cl3N3O5. The SMILES string of the molecule is COC(=O)c1nn(C)c2cc(C3CC(O)(c4ccc(OCc5c(-c6c(Cl)cccc6Cl)noc5C5CC5)cc4Cl)C3)ccc12. The second-order valence-corrected chi connectivity index (χ2v) is 12.8. The van der Waals surface area contributed by atoms with Gasteiger partial charge in [-0.15, -0.1) is 0 Å². The molecule has 2 heterocycles. The van der Waals surface area contributed by atoms with Crippen molar-refractivity contribution >= 4 is 51.7 Å². The van der Waals surface area contributed by atoms with E-state index in [0.717, 1.165) is 40.6 Å². The second kappa shape index (κ2) is 11.1. The summed E-state index contributed by atoms with van der Waals surface area (Å²) in [6.45, 7) is 0.197. The summed E-state index contributed by atoms with van der Waals surface area (Å²) >= 11 is 19.7. The van der Waals surface area contributed by atoms with Crippen LogP contribution in [0, 0.1) is 0 Å². The Labute approximate surface area is 268 Å². The minimum absolute atomic E-state index is 0.123. The van der Waals surface area contributed by atoms with E-state index in [1.807, 2.05) is 30.3 Å². The predicted molar refractivity (Wildman–Crippen MR) is 168 cm³/mol. The molecule has 2 aliphatic carbocycles. The molecule has 0 bridgehead atoms. The van der Waals surface area contributed by atoms with E-state index in [4.69, 9.17) is 48.8 Å². The van der Waals surface area contributed by atoms with Crippen LogP contribution in [0.4, 0.5) is 0 Å². The molecule has 11 heteroatoms. The normalized spacial score (nSPS) is 19.6. The standard InChI is InChI=1S/C33H28Cl3N3O5/c1-39-27-12-18(8-10-21(27)30(37-39)32(40)42-2)19-14-33(41,15-19)23-11-9-20(13-26(23)36)43-16-22-29(38-44-31(22)17-6-7-17)28-24(34)4-3-5-25(28)35/h3-5,8-13,17,19,41H,6-7,14-16H2,1-2H3. The zero-order valence-corrected chi connectivity index (χ0v) is 26.2. The first-order valence-electron chi connectivity index (χ1n) is 14.3. The fraction of sp³-hybridized carbons (Fsp3) is 0.303. The van der Waals surface area contributed by atoms with Gasteiger partial charge in [0.2, 0.25) is 0 Å². The van der Waals surface area contributed by atoms with Crippen LogP contribution >= 0.6 is 34.8 Å². The van der Waals surface area contributed by atoms with E-state index in [0.29, 0.717) is 56.4 Å². The van der Waals surface area contributed by atoms with Crippen molar-refractivity contribution in [2.24, 2.45) is 7.05 Å². The summed E-state index contributed by atoms with van der Waals surface area (Å²) in [6.07, 6.45) is 3.08. The molecule has 0 unspecified atom stereocenters. The summed E-state index contributed by atoms with van der Waals surface area (Å²) in [4.78, 5) is 12.1. The van der Waals surface area contributed by atoms with E-state index in [-0.39, 0.29) is 18.2 Å². The lowest BCUT2D eigenvalue weighted by Crippen LogP contribution is -2.40. The maximum atomic E-state index is 12.1. The summed E-state index contributed by atoms with van der Waals surface area (Å²) in [7, 11) is 3.13. The lowest BCUT2D eigenvalue weighted by Gasteiger charge is -2.44. The molecule has 2 fully saturated rings. The zero-order chi connectivity index (χ0) is 30.7. The summed E-state index contributed by atoms with van der Waals surface area (Å²) in [6, 6.07) is 16.6. The lowest BCUT2D eigenvalue weighted by molar-refractivity contribution is -0.0549. The van der Waals surface area contributed by atoms with Gasteiger partial charge in [-0.3, -0.25) is 4.68 Å². The number of hydrogen-bond acceptors (Lipinski definition) is 7. The van der Waals surface area contributed by atoms with E-state index in [1.165, 1.54) is 7.11 Å². The third-order valence-corrected chi connectivity index (χ3v) is 9.63. The molecule has 0 amide bonds. The van der Waals surface area contributed by atoms with Crippen LogP contribution in [0.5, 0.6) is 5.75 Å². The van der Waals surface area contributed by atoms with E-state index < -0.39 is 11.6 Å². The van der Waals surface area contributed by atoms with Gasteiger partial charge < -0.3 is 19.1 Å². The number of halogens is 3. The van der Waals surface area contributed by atoms with Crippen LogP contribution in [0.2, 0.25) is 15.1 Å². The number of carbonyl (C=O) groups excluding carboxylic acids is 1. The Hall–Kier alpha value is -3.56. The second-order valence-electron chi connectivity index (χ2n) is 11.6. The van der Waals surface area contributed by atoms with Crippen molar-refractivity contribution in [1.29, 1.82) is 0 Å². The molecule has 5 aromatic rings. The number of ether oxygens (including phenoxy) is 2. The summed E-state index contributed by atoms with van der Waals surface area (Å²) in [5, 5.41) is 22.3. The Morgan fingerprint density at radius 3 is 2.48 bits per heavy atom. The first-order valence-corrected chi connectivity index (χ1v) is 15.4. The van der Waals surface area contributed by atoms with E-state index in [2.05, 4.69) is 10.3 Å². The van der Waals surface area contributed by atoms with Gasteiger partial charge in [0.25, 0.3) is 0 Å². The Balaban J connectivity index is 1.08. The maximum Gasteiger partial charge on any atom is 0.359 e. The predicted octanol–water partition coefficient (Wildman–Crippen LogP) is 8.20. The van der Waals surface area contributed by atoms with Gasteiger partial charge in [0.15, 0.2) is 5.69 Å². The fourth-order valence-corrected chi connectivity index (χ4v) is 7.08. The van der Waals surface area contributed by atoms with Crippen LogP contribution in [0.3, 0.4) is 0 Å². The van der Waals surface area contributed by atoms with Gasteiger partial charge in [-0.2, -0.15) is 5.10 Å². The monoisotopic (exact) mass is 651 g/mol. The third-order valence-electron chi connectivity index (χ3n) is 8.69. The fourth-order valence-electron chi connectivity index (χ4n) is 6.15. The number of aryl methyl sites for hydroxylation is 1. The number of aromatic nitrogens is 3. The summed E-state index contributed by atoms with van der Waals surface area (Å²) in [5.74, 6) is 1.30. The molecule has 0 aliphatic heterocycles. The number of aliphatic hydroxyl groups is 1. The van der Waals surface area contributed by atoms with Crippen LogP contribution in [-0.4, -0.2) is 33.1 Å². The van der Waals surface area contributed by atoms with Gasteiger partial charge in [-0.05, 0) is 67.5 Å². The molecule has 0 spiro atoms. The third kappa shape index (κ3) is 5.04. The quantitative estimate of drug-likeness (QED) is 0.169. The van der Waals surface area contributed by atoms with Gasteiger partial charge in [-0.1, -0.05) is 64.2 Å². The van der Waals surface area contributed by atoms with Crippen molar-refractivity contribution in [3.63, 3.8) is 0 Å². The topological polar surface area (TPSA) is 99.6 Å². The molecule has 44 heavy (non-hydrogen) atoms. The van der Waals surface area contributed by atoms with Gasteiger partial charge >= 0.3 is 5.97 Å². The molecule has 8 nitrogen and oxygen atoms in total. The average Bonchev–Trinajstić information content (AvgIpc) is 3.67. The van der Waals surface area contributed by atoms with Crippen LogP contribution in [-0.2, 0) is 24.0 Å². The number of carbonyl (C=O) groups is 1. The highest BCUT2D eigenvalue weighted by Gasteiger charge is 2.46. The Morgan fingerprint density at radius 2 is 1.80 bits per heavy atom. The minimum atomic E-state index is -1.07. The zero-order valence-electron chi connectivity index (χ0n) is 23.9. The van der Waals surface area contributed by atoms with Crippen LogP contribution in [0.25, 0.3) is 22.2 Å². The van der Waals surface area contributed by atoms with Crippen molar-refractivity contribution in [2.45, 2.75) is 49.7 Å².